The third kappa shape index (κ3) is 8.52. The first-order chi connectivity index (χ1) is 9.56. The second kappa shape index (κ2) is 9.33. The lowest BCUT2D eigenvalue weighted by Crippen LogP contribution is -2.42. The fourth-order valence-corrected chi connectivity index (χ4v) is 2.06. The Kier molecular flexibility index (Phi) is 8.13. The van der Waals surface area contributed by atoms with Gasteiger partial charge in [0.1, 0.15) is 5.54 Å². The molecule has 0 heterocycles. The minimum Gasteiger partial charge on any atom is -0.379 e. The number of rotatable bonds is 12. The highest BCUT2D eigenvalue weighted by Crippen LogP contribution is 2.24. The van der Waals surface area contributed by atoms with Crippen LogP contribution in [-0.4, -0.2) is 38.0 Å². The Morgan fingerprint density at radius 1 is 1.20 bits per heavy atom. The molecule has 0 aromatic carbocycles. The van der Waals surface area contributed by atoms with Gasteiger partial charge in [-0.2, -0.15) is 5.26 Å². The van der Waals surface area contributed by atoms with Gasteiger partial charge in [-0.25, -0.2) is 0 Å². The van der Waals surface area contributed by atoms with Crippen molar-refractivity contribution < 1.29 is 9.47 Å². The molecule has 0 aromatic rings. The van der Waals surface area contributed by atoms with Crippen LogP contribution in [0.3, 0.4) is 0 Å². The maximum atomic E-state index is 9.25. The van der Waals surface area contributed by atoms with Crippen molar-refractivity contribution >= 4 is 0 Å². The Balaban J connectivity index is 1.92. The number of hydrogen-bond donors (Lipinski definition) is 1. The summed E-state index contributed by atoms with van der Waals surface area (Å²) in [5, 5.41) is 12.7. The Hall–Kier alpha value is -0.630. The van der Waals surface area contributed by atoms with Crippen LogP contribution >= 0.6 is 0 Å². The summed E-state index contributed by atoms with van der Waals surface area (Å²) in [6.07, 6.45) is 5.37. The lowest BCUT2D eigenvalue weighted by Gasteiger charge is -2.23. The Morgan fingerprint density at radius 2 is 1.90 bits per heavy atom. The average molecular weight is 282 g/mol. The zero-order chi connectivity index (χ0) is 14.8. The molecule has 1 rings (SSSR count). The third-order valence-electron chi connectivity index (χ3n) is 3.39. The summed E-state index contributed by atoms with van der Waals surface area (Å²) in [5.74, 6) is 0.581. The van der Waals surface area contributed by atoms with E-state index in [2.05, 4.69) is 25.2 Å². The van der Waals surface area contributed by atoms with Gasteiger partial charge in [0.05, 0.1) is 19.3 Å². The van der Waals surface area contributed by atoms with Gasteiger partial charge < -0.3 is 9.47 Å². The number of ether oxygens (including phenoxy) is 2. The van der Waals surface area contributed by atoms with Crippen LogP contribution in [-0.2, 0) is 9.47 Å². The van der Waals surface area contributed by atoms with E-state index in [9.17, 15) is 5.26 Å². The van der Waals surface area contributed by atoms with Crippen LogP contribution in [0.15, 0.2) is 0 Å². The van der Waals surface area contributed by atoms with Gasteiger partial charge in [0.2, 0.25) is 0 Å². The molecule has 0 amide bonds. The molecular weight excluding hydrogens is 252 g/mol. The molecule has 0 saturated heterocycles. The van der Waals surface area contributed by atoms with Gasteiger partial charge in [0, 0.05) is 19.3 Å². The van der Waals surface area contributed by atoms with Crippen LogP contribution in [0.25, 0.3) is 0 Å². The van der Waals surface area contributed by atoms with E-state index in [1.54, 1.807) is 0 Å². The van der Waals surface area contributed by atoms with Crippen molar-refractivity contribution in [3.63, 3.8) is 0 Å². The van der Waals surface area contributed by atoms with Crippen molar-refractivity contribution in [2.45, 2.75) is 64.5 Å². The summed E-state index contributed by atoms with van der Waals surface area (Å²) in [4.78, 5) is 0. The van der Waals surface area contributed by atoms with Crippen molar-refractivity contribution in [2.24, 2.45) is 5.92 Å². The summed E-state index contributed by atoms with van der Waals surface area (Å²) in [6, 6.07) is 2.98. The van der Waals surface area contributed by atoms with Crippen molar-refractivity contribution in [3.8, 4) is 6.07 Å². The van der Waals surface area contributed by atoms with Crippen LogP contribution < -0.4 is 5.32 Å². The second-order valence-corrected chi connectivity index (χ2v) is 6.40. The molecule has 4 nitrogen and oxygen atoms in total. The number of unbranched alkanes of at least 4 members (excludes halogenated alkanes) is 1. The largest absolute Gasteiger partial charge is 0.379 e. The molecule has 0 radical (unpaired) electrons. The van der Waals surface area contributed by atoms with E-state index in [-0.39, 0.29) is 5.54 Å². The highest BCUT2D eigenvalue weighted by atomic mass is 16.5. The van der Waals surface area contributed by atoms with Crippen molar-refractivity contribution in [2.75, 3.05) is 26.4 Å². The van der Waals surface area contributed by atoms with Gasteiger partial charge in [-0.05, 0) is 44.9 Å². The molecule has 1 aliphatic carbocycles. The molecule has 1 N–H and O–H groups in total. The number of nitrogens with one attached hydrogen (secondary N) is 1. The summed E-state index contributed by atoms with van der Waals surface area (Å²) in [6.45, 7) is 9.20. The molecule has 0 aliphatic heterocycles. The smallest absolute Gasteiger partial charge is 0.104 e. The summed E-state index contributed by atoms with van der Waals surface area (Å²) >= 11 is 0. The fraction of sp³-hybridized carbons (Fsp3) is 0.938. The van der Waals surface area contributed by atoms with Gasteiger partial charge in [0.25, 0.3) is 0 Å². The quantitative estimate of drug-likeness (QED) is 0.559. The van der Waals surface area contributed by atoms with Crippen molar-refractivity contribution in [3.05, 3.63) is 0 Å². The van der Waals surface area contributed by atoms with Crippen LogP contribution in [0.1, 0.15) is 52.9 Å². The molecule has 116 valence electrons. The lowest BCUT2D eigenvalue weighted by molar-refractivity contribution is 0.0363. The average Bonchev–Trinajstić information content (AvgIpc) is 3.20. The van der Waals surface area contributed by atoms with E-state index in [0.29, 0.717) is 25.2 Å². The zero-order valence-electron chi connectivity index (χ0n) is 13.3. The highest BCUT2D eigenvalue weighted by molar-refractivity contribution is 5.06. The van der Waals surface area contributed by atoms with E-state index in [1.807, 2.05) is 6.92 Å². The van der Waals surface area contributed by atoms with Gasteiger partial charge in [-0.3, -0.25) is 5.32 Å². The van der Waals surface area contributed by atoms with E-state index < -0.39 is 0 Å². The molecule has 0 spiro atoms. The molecule has 0 aromatic heterocycles. The molecule has 1 atom stereocenters. The van der Waals surface area contributed by atoms with Crippen LogP contribution in [0.2, 0.25) is 0 Å². The van der Waals surface area contributed by atoms with E-state index in [4.69, 9.17) is 9.47 Å². The molecule has 1 aliphatic rings. The normalized spacial score (nSPS) is 17.9. The minimum atomic E-state index is -0.360. The Morgan fingerprint density at radius 3 is 2.50 bits per heavy atom. The lowest BCUT2D eigenvalue weighted by atomic mass is 9.96. The van der Waals surface area contributed by atoms with Gasteiger partial charge in [0.15, 0.2) is 0 Å². The topological polar surface area (TPSA) is 54.3 Å². The molecule has 0 bridgehead atoms. The maximum absolute atomic E-state index is 9.25. The highest BCUT2D eigenvalue weighted by Gasteiger charge is 2.31. The number of nitriles is 1. The van der Waals surface area contributed by atoms with E-state index >= 15 is 0 Å². The third-order valence-corrected chi connectivity index (χ3v) is 3.39. The summed E-state index contributed by atoms with van der Waals surface area (Å²) < 4.78 is 11.0. The zero-order valence-corrected chi connectivity index (χ0v) is 13.3. The molecule has 20 heavy (non-hydrogen) atoms. The van der Waals surface area contributed by atoms with Gasteiger partial charge >= 0.3 is 0 Å². The predicted molar refractivity (Wildman–Crippen MR) is 80.5 cm³/mol. The summed E-state index contributed by atoms with van der Waals surface area (Å²) in [7, 11) is 0. The maximum Gasteiger partial charge on any atom is 0.104 e. The molecular formula is C16H30N2O2. The number of nitrogens with zero attached hydrogens (tertiary/aromatic N) is 1. The SMILES string of the molecule is CC(C)COCCOCCCCC(C)(C#N)NC1CC1. The van der Waals surface area contributed by atoms with Gasteiger partial charge in [-0.15, -0.1) is 0 Å². The van der Waals surface area contributed by atoms with E-state index in [0.717, 1.165) is 32.5 Å². The summed E-state index contributed by atoms with van der Waals surface area (Å²) in [5.41, 5.74) is -0.360. The number of hydrogen-bond acceptors (Lipinski definition) is 4. The monoisotopic (exact) mass is 282 g/mol. The Bertz CT molecular complexity index is 297. The first-order valence-electron chi connectivity index (χ1n) is 7.90. The fourth-order valence-electron chi connectivity index (χ4n) is 2.06. The van der Waals surface area contributed by atoms with Crippen LogP contribution in [0.5, 0.6) is 0 Å². The van der Waals surface area contributed by atoms with Gasteiger partial charge in [-0.1, -0.05) is 13.8 Å². The molecule has 1 saturated carbocycles. The molecule has 1 unspecified atom stereocenters. The second-order valence-electron chi connectivity index (χ2n) is 6.40. The van der Waals surface area contributed by atoms with Crippen molar-refractivity contribution in [1.29, 1.82) is 5.26 Å². The van der Waals surface area contributed by atoms with Crippen LogP contribution in [0.4, 0.5) is 0 Å². The molecule has 4 heteroatoms. The first kappa shape index (κ1) is 17.4. The standard InChI is InChI=1S/C16H30N2O2/c1-14(2)12-20-11-10-19-9-5-4-8-16(3,13-17)18-15-6-7-15/h14-15,18H,4-12H2,1-3H3. The van der Waals surface area contributed by atoms with Crippen molar-refractivity contribution in [1.82, 2.24) is 5.32 Å². The first-order valence-corrected chi connectivity index (χ1v) is 7.90. The van der Waals surface area contributed by atoms with E-state index in [1.165, 1.54) is 12.8 Å². The molecule has 1 fully saturated rings. The Labute approximate surface area is 123 Å². The van der Waals surface area contributed by atoms with Crippen LogP contribution in [0, 0.1) is 17.2 Å². The minimum absolute atomic E-state index is 0.360. The predicted octanol–water partition coefficient (Wildman–Crippen LogP) is 2.88.